The van der Waals surface area contributed by atoms with Crippen molar-refractivity contribution in [3.8, 4) is 5.75 Å². The quantitative estimate of drug-likeness (QED) is 0.628. The molecule has 0 radical (unpaired) electrons. The van der Waals surface area contributed by atoms with Gasteiger partial charge in [0.2, 0.25) is 0 Å². The van der Waals surface area contributed by atoms with E-state index < -0.39 is 0 Å². The highest BCUT2D eigenvalue weighted by atomic mass is 79.9. The van der Waals surface area contributed by atoms with Crippen LogP contribution in [0, 0.1) is 0 Å². The van der Waals surface area contributed by atoms with E-state index in [1.54, 1.807) is 6.20 Å². The fourth-order valence-corrected chi connectivity index (χ4v) is 2.47. The molecule has 1 aromatic carbocycles. The highest BCUT2D eigenvalue weighted by Crippen LogP contribution is 2.31. The number of para-hydroxylation sites is 1. The zero-order valence-electron chi connectivity index (χ0n) is 11.3. The third-order valence-corrected chi connectivity index (χ3v) is 3.59. The van der Waals surface area contributed by atoms with Gasteiger partial charge in [-0.2, -0.15) is 0 Å². The van der Waals surface area contributed by atoms with Gasteiger partial charge < -0.3 is 4.74 Å². The van der Waals surface area contributed by atoms with Crippen molar-refractivity contribution in [3.05, 3.63) is 58.3 Å². The molecule has 1 aromatic heterocycles. The first-order valence-electron chi connectivity index (χ1n) is 6.56. The minimum Gasteiger partial charge on any atom is -0.493 e. The van der Waals surface area contributed by atoms with E-state index >= 15 is 0 Å². The molecule has 0 saturated carbocycles. The SMILES string of the molecule is CCCOc1ccccc1C(NN)c1ncccc1Br. The normalized spacial score (nSPS) is 12.2. The van der Waals surface area contributed by atoms with Gasteiger partial charge in [0, 0.05) is 16.2 Å². The van der Waals surface area contributed by atoms with Crippen molar-refractivity contribution in [2.24, 2.45) is 5.84 Å². The third-order valence-electron chi connectivity index (χ3n) is 2.92. The summed E-state index contributed by atoms with van der Waals surface area (Å²) in [5.74, 6) is 6.57. The van der Waals surface area contributed by atoms with Crippen molar-refractivity contribution in [1.82, 2.24) is 10.4 Å². The van der Waals surface area contributed by atoms with E-state index in [9.17, 15) is 0 Å². The van der Waals surface area contributed by atoms with Gasteiger partial charge in [0.15, 0.2) is 0 Å². The number of hydrazine groups is 1. The number of rotatable bonds is 6. The predicted molar refractivity (Wildman–Crippen MR) is 83.3 cm³/mol. The van der Waals surface area contributed by atoms with Gasteiger partial charge in [-0.05, 0) is 40.5 Å². The Balaban J connectivity index is 2.39. The van der Waals surface area contributed by atoms with Gasteiger partial charge in [-0.1, -0.05) is 25.1 Å². The molecule has 2 rings (SSSR count). The van der Waals surface area contributed by atoms with Crippen molar-refractivity contribution < 1.29 is 4.74 Å². The average molecular weight is 336 g/mol. The molecule has 3 N–H and O–H groups in total. The second kappa shape index (κ2) is 7.38. The van der Waals surface area contributed by atoms with E-state index in [0.717, 1.165) is 27.9 Å². The largest absolute Gasteiger partial charge is 0.493 e. The van der Waals surface area contributed by atoms with Gasteiger partial charge in [-0.25, -0.2) is 5.43 Å². The van der Waals surface area contributed by atoms with Crippen LogP contribution in [0.3, 0.4) is 0 Å². The van der Waals surface area contributed by atoms with E-state index in [-0.39, 0.29) is 6.04 Å². The maximum atomic E-state index is 5.79. The van der Waals surface area contributed by atoms with E-state index in [1.165, 1.54) is 0 Å². The summed E-state index contributed by atoms with van der Waals surface area (Å²) in [7, 11) is 0. The topological polar surface area (TPSA) is 60.2 Å². The lowest BCUT2D eigenvalue weighted by molar-refractivity contribution is 0.311. The minimum absolute atomic E-state index is 0.223. The van der Waals surface area contributed by atoms with Crippen molar-refractivity contribution >= 4 is 15.9 Å². The number of nitrogens with two attached hydrogens (primary N) is 1. The van der Waals surface area contributed by atoms with Crippen LogP contribution in [0.15, 0.2) is 47.1 Å². The predicted octanol–water partition coefficient (Wildman–Crippen LogP) is 3.19. The van der Waals surface area contributed by atoms with Crippen LogP contribution in [0.1, 0.15) is 30.6 Å². The first-order chi connectivity index (χ1) is 9.77. The molecule has 4 nitrogen and oxygen atoms in total. The summed E-state index contributed by atoms with van der Waals surface area (Å²) in [6.07, 6.45) is 2.71. The Morgan fingerprint density at radius 2 is 2.10 bits per heavy atom. The Morgan fingerprint density at radius 3 is 2.80 bits per heavy atom. The minimum atomic E-state index is -0.223. The highest BCUT2D eigenvalue weighted by molar-refractivity contribution is 9.10. The number of nitrogens with one attached hydrogen (secondary N) is 1. The van der Waals surface area contributed by atoms with Crippen molar-refractivity contribution in [3.63, 3.8) is 0 Å². The first-order valence-corrected chi connectivity index (χ1v) is 7.35. The summed E-state index contributed by atoms with van der Waals surface area (Å²) >= 11 is 3.51. The Bertz CT molecular complexity index is 562. The lowest BCUT2D eigenvalue weighted by Gasteiger charge is -2.20. The number of benzene rings is 1. The summed E-state index contributed by atoms with van der Waals surface area (Å²) < 4.78 is 6.70. The molecule has 1 heterocycles. The summed E-state index contributed by atoms with van der Waals surface area (Å²) in [6.45, 7) is 2.76. The van der Waals surface area contributed by atoms with Gasteiger partial charge in [0.1, 0.15) is 5.75 Å². The maximum Gasteiger partial charge on any atom is 0.124 e. The zero-order valence-corrected chi connectivity index (χ0v) is 12.9. The molecule has 1 atom stereocenters. The number of ether oxygens (including phenoxy) is 1. The molecule has 2 aromatic rings. The molecule has 0 aliphatic carbocycles. The van der Waals surface area contributed by atoms with Gasteiger partial charge in [0.25, 0.3) is 0 Å². The standard InChI is InChI=1S/C15H18BrN3O/c1-2-10-20-13-8-4-3-6-11(13)14(19-17)15-12(16)7-5-9-18-15/h3-9,14,19H,2,10,17H2,1H3. The fraction of sp³-hybridized carbons (Fsp3) is 0.267. The van der Waals surface area contributed by atoms with E-state index in [0.29, 0.717) is 6.61 Å². The third kappa shape index (κ3) is 3.36. The molecule has 0 spiro atoms. The van der Waals surface area contributed by atoms with Gasteiger partial charge in [-0.15, -0.1) is 0 Å². The van der Waals surface area contributed by atoms with Gasteiger partial charge in [0.05, 0.1) is 18.3 Å². The molecule has 1 unspecified atom stereocenters. The van der Waals surface area contributed by atoms with Crippen molar-refractivity contribution in [1.29, 1.82) is 0 Å². The van der Waals surface area contributed by atoms with Crippen LogP contribution in [0.25, 0.3) is 0 Å². The number of aromatic nitrogens is 1. The fourth-order valence-electron chi connectivity index (χ4n) is 1.99. The van der Waals surface area contributed by atoms with Crippen LogP contribution in [0.4, 0.5) is 0 Å². The molecule has 0 fully saturated rings. The molecular formula is C15H18BrN3O. The zero-order chi connectivity index (χ0) is 14.4. The average Bonchev–Trinajstić information content (AvgIpc) is 2.49. The van der Waals surface area contributed by atoms with Gasteiger partial charge in [-0.3, -0.25) is 10.8 Å². The summed E-state index contributed by atoms with van der Waals surface area (Å²) in [6, 6.07) is 11.5. The molecule has 20 heavy (non-hydrogen) atoms. The number of nitrogens with zero attached hydrogens (tertiary/aromatic N) is 1. The van der Waals surface area contributed by atoms with E-state index in [1.807, 2.05) is 36.4 Å². The monoisotopic (exact) mass is 335 g/mol. The van der Waals surface area contributed by atoms with E-state index in [4.69, 9.17) is 10.6 Å². The lowest BCUT2D eigenvalue weighted by Crippen LogP contribution is -2.30. The number of pyridine rings is 1. The molecule has 5 heteroatoms. The van der Waals surface area contributed by atoms with Crippen LogP contribution in [-0.4, -0.2) is 11.6 Å². The van der Waals surface area contributed by atoms with Crippen molar-refractivity contribution in [2.45, 2.75) is 19.4 Å². The molecule has 0 bridgehead atoms. The summed E-state index contributed by atoms with van der Waals surface area (Å²) in [5.41, 5.74) is 4.63. The first kappa shape index (κ1) is 15.0. The summed E-state index contributed by atoms with van der Waals surface area (Å²) in [5, 5.41) is 0. The molecule has 0 amide bonds. The Kier molecular flexibility index (Phi) is 5.52. The molecule has 0 aliphatic rings. The Morgan fingerprint density at radius 1 is 1.30 bits per heavy atom. The lowest BCUT2D eigenvalue weighted by atomic mass is 10.0. The van der Waals surface area contributed by atoms with Crippen LogP contribution < -0.4 is 16.0 Å². The number of hydrogen-bond donors (Lipinski definition) is 2. The Hall–Kier alpha value is -1.43. The second-order valence-electron chi connectivity index (χ2n) is 4.36. The summed E-state index contributed by atoms with van der Waals surface area (Å²) in [4.78, 5) is 4.40. The van der Waals surface area contributed by atoms with Crippen LogP contribution in [-0.2, 0) is 0 Å². The van der Waals surface area contributed by atoms with Crippen LogP contribution in [0.2, 0.25) is 0 Å². The van der Waals surface area contributed by atoms with E-state index in [2.05, 4.69) is 33.3 Å². The van der Waals surface area contributed by atoms with Crippen LogP contribution >= 0.6 is 15.9 Å². The second-order valence-corrected chi connectivity index (χ2v) is 5.21. The van der Waals surface area contributed by atoms with Gasteiger partial charge >= 0.3 is 0 Å². The molecule has 0 saturated heterocycles. The molecule has 0 aliphatic heterocycles. The van der Waals surface area contributed by atoms with Crippen molar-refractivity contribution in [2.75, 3.05) is 6.61 Å². The maximum absolute atomic E-state index is 5.79. The van der Waals surface area contributed by atoms with Crippen LogP contribution in [0.5, 0.6) is 5.75 Å². The Labute approximate surface area is 127 Å². The number of halogens is 1. The smallest absolute Gasteiger partial charge is 0.124 e. The molecular weight excluding hydrogens is 318 g/mol. The number of hydrogen-bond acceptors (Lipinski definition) is 4. The molecule has 106 valence electrons. The highest BCUT2D eigenvalue weighted by Gasteiger charge is 2.20.